The van der Waals surface area contributed by atoms with Gasteiger partial charge in [-0.05, 0) is 37.3 Å². The van der Waals surface area contributed by atoms with Gasteiger partial charge in [-0.1, -0.05) is 18.7 Å². The number of phenols is 1. The first-order chi connectivity index (χ1) is 11.0. The summed E-state index contributed by atoms with van der Waals surface area (Å²) in [5.74, 6) is 0.360. The second-order valence-electron chi connectivity index (χ2n) is 5.16. The monoisotopic (exact) mass is 330 g/mol. The molecule has 0 aliphatic carbocycles. The summed E-state index contributed by atoms with van der Waals surface area (Å²) in [6, 6.07) is 6.20. The van der Waals surface area contributed by atoms with E-state index in [0.29, 0.717) is 11.4 Å². The molecule has 1 atom stereocenters. The maximum Gasteiger partial charge on any atom is 0.251 e. The van der Waals surface area contributed by atoms with E-state index in [9.17, 15) is 9.90 Å². The van der Waals surface area contributed by atoms with Crippen molar-refractivity contribution in [2.45, 2.75) is 13.0 Å². The molecule has 0 aromatic heterocycles. The average molecular weight is 331 g/mol. The Morgan fingerprint density at radius 1 is 1.39 bits per heavy atom. The standard InChI is InChI=1S/C18H19ClN2O2/c1-4-5-16-15(10-11-19)17(13-6-8-14(22)9-7-13)20-12(2)18(23)21(16)3/h4-10,12,22H,1,11H2,2-3H3/b15-10+,16-5+. The van der Waals surface area contributed by atoms with Crippen LogP contribution in [0.5, 0.6) is 5.75 Å². The van der Waals surface area contributed by atoms with E-state index in [1.165, 1.54) is 0 Å². The van der Waals surface area contributed by atoms with E-state index in [2.05, 4.69) is 11.6 Å². The lowest BCUT2D eigenvalue weighted by Crippen LogP contribution is -2.32. The van der Waals surface area contributed by atoms with E-state index >= 15 is 0 Å². The van der Waals surface area contributed by atoms with Gasteiger partial charge < -0.3 is 10.0 Å². The summed E-state index contributed by atoms with van der Waals surface area (Å²) in [4.78, 5) is 18.6. The lowest BCUT2D eigenvalue weighted by atomic mass is 9.98. The van der Waals surface area contributed by atoms with E-state index in [4.69, 9.17) is 11.6 Å². The average Bonchev–Trinajstić information content (AvgIpc) is 2.62. The van der Waals surface area contributed by atoms with Crippen molar-refractivity contribution in [3.8, 4) is 5.75 Å². The van der Waals surface area contributed by atoms with E-state index in [-0.39, 0.29) is 17.5 Å². The van der Waals surface area contributed by atoms with Gasteiger partial charge in [-0.3, -0.25) is 9.79 Å². The number of carbonyl (C=O) groups excluding carboxylic acids is 1. The minimum atomic E-state index is -0.516. The fraction of sp³-hybridized carbons (Fsp3) is 0.222. The molecule has 0 bridgehead atoms. The molecule has 1 aliphatic rings. The van der Waals surface area contributed by atoms with Crippen LogP contribution in [-0.2, 0) is 4.79 Å². The van der Waals surface area contributed by atoms with E-state index in [1.807, 2.05) is 6.08 Å². The minimum Gasteiger partial charge on any atom is -0.508 e. The van der Waals surface area contributed by atoms with Gasteiger partial charge in [-0.2, -0.15) is 0 Å². The highest BCUT2D eigenvalue weighted by atomic mass is 35.5. The van der Waals surface area contributed by atoms with Crippen LogP contribution < -0.4 is 0 Å². The third kappa shape index (κ3) is 3.54. The van der Waals surface area contributed by atoms with Gasteiger partial charge in [0.1, 0.15) is 11.8 Å². The largest absolute Gasteiger partial charge is 0.508 e. The number of aromatic hydroxyl groups is 1. The SMILES string of the molecule is C=C/C=C1\C(=C/CCl)C(c2ccc(O)cc2)=NC(C)C(=O)N1C. The molecule has 5 heteroatoms. The van der Waals surface area contributed by atoms with Crippen LogP contribution in [0.15, 0.2) is 65.3 Å². The molecule has 2 rings (SSSR count). The van der Waals surface area contributed by atoms with Crippen LogP contribution in [0.4, 0.5) is 0 Å². The van der Waals surface area contributed by atoms with E-state index < -0.39 is 6.04 Å². The number of hydrogen-bond donors (Lipinski definition) is 1. The molecule has 0 spiro atoms. The summed E-state index contributed by atoms with van der Waals surface area (Å²) >= 11 is 5.92. The number of rotatable bonds is 3. The van der Waals surface area contributed by atoms with Crippen LogP contribution in [0.25, 0.3) is 0 Å². The molecular formula is C18H19ClN2O2. The van der Waals surface area contributed by atoms with Gasteiger partial charge in [0.2, 0.25) is 0 Å². The maximum absolute atomic E-state index is 12.5. The molecule has 1 aromatic carbocycles. The first kappa shape index (κ1) is 17.0. The number of amides is 1. The molecule has 0 saturated carbocycles. The second-order valence-corrected chi connectivity index (χ2v) is 5.47. The molecule has 1 amide bonds. The highest BCUT2D eigenvalue weighted by Gasteiger charge is 2.29. The van der Waals surface area contributed by atoms with Crippen LogP contribution in [0.3, 0.4) is 0 Å². The Bertz CT molecular complexity index is 702. The molecule has 1 heterocycles. The molecule has 0 saturated heterocycles. The number of halogens is 1. The summed E-state index contributed by atoms with van der Waals surface area (Å²) < 4.78 is 0. The van der Waals surface area contributed by atoms with Crippen LogP contribution >= 0.6 is 11.6 Å². The number of phenolic OH excluding ortho intramolecular Hbond substituents is 1. The molecule has 1 aromatic rings. The molecular weight excluding hydrogens is 312 g/mol. The summed E-state index contributed by atoms with van der Waals surface area (Å²) in [5.41, 5.74) is 2.95. The van der Waals surface area contributed by atoms with Gasteiger partial charge in [0, 0.05) is 24.1 Å². The van der Waals surface area contributed by atoms with Crippen molar-refractivity contribution in [1.82, 2.24) is 4.90 Å². The van der Waals surface area contributed by atoms with Crippen molar-refractivity contribution in [2.75, 3.05) is 12.9 Å². The van der Waals surface area contributed by atoms with Crippen molar-refractivity contribution in [1.29, 1.82) is 0 Å². The quantitative estimate of drug-likeness (QED) is 0.865. The van der Waals surface area contributed by atoms with Crippen molar-refractivity contribution < 1.29 is 9.90 Å². The van der Waals surface area contributed by atoms with Crippen LogP contribution in [0, 0.1) is 0 Å². The Balaban J connectivity index is 2.68. The highest BCUT2D eigenvalue weighted by molar-refractivity contribution is 6.21. The predicted molar refractivity (Wildman–Crippen MR) is 94.0 cm³/mol. The van der Waals surface area contributed by atoms with Crippen LogP contribution in [-0.4, -0.2) is 40.6 Å². The number of alkyl halides is 1. The maximum atomic E-state index is 12.5. The Hall–Kier alpha value is -2.33. The zero-order chi connectivity index (χ0) is 17.0. The smallest absolute Gasteiger partial charge is 0.251 e. The number of allylic oxidation sites excluding steroid dienone is 4. The molecule has 1 N–H and O–H groups in total. The lowest BCUT2D eigenvalue weighted by molar-refractivity contribution is -0.128. The number of carbonyl (C=O) groups is 1. The van der Waals surface area contributed by atoms with Gasteiger partial charge >= 0.3 is 0 Å². The van der Waals surface area contributed by atoms with Crippen molar-refractivity contribution in [3.05, 3.63) is 65.9 Å². The summed E-state index contributed by atoms with van der Waals surface area (Å²) in [6.07, 6.45) is 5.22. The lowest BCUT2D eigenvalue weighted by Gasteiger charge is -2.21. The summed E-state index contributed by atoms with van der Waals surface area (Å²) in [6.45, 7) is 5.48. The number of benzene rings is 1. The Morgan fingerprint density at radius 3 is 2.61 bits per heavy atom. The third-order valence-electron chi connectivity index (χ3n) is 3.60. The number of nitrogens with zero attached hydrogens (tertiary/aromatic N) is 2. The van der Waals surface area contributed by atoms with Gasteiger partial charge in [0.15, 0.2) is 0 Å². The van der Waals surface area contributed by atoms with Gasteiger partial charge in [0.25, 0.3) is 5.91 Å². The zero-order valence-electron chi connectivity index (χ0n) is 13.2. The van der Waals surface area contributed by atoms with Crippen molar-refractivity contribution in [3.63, 3.8) is 0 Å². The zero-order valence-corrected chi connectivity index (χ0v) is 13.9. The molecule has 1 aliphatic heterocycles. The molecule has 23 heavy (non-hydrogen) atoms. The predicted octanol–water partition coefficient (Wildman–Crippen LogP) is 3.28. The van der Waals surface area contributed by atoms with Gasteiger partial charge in [-0.25, -0.2) is 0 Å². The summed E-state index contributed by atoms with van der Waals surface area (Å²) in [7, 11) is 1.71. The number of aliphatic imine (C=N–C) groups is 1. The van der Waals surface area contributed by atoms with E-state index in [0.717, 1.165) is 11.1 Å². The normalized spacial score (nSPS) is 22.2. The number of hydrogen-bond acceptors (Lipinski definition) is 3. The molecule has 0 radical (unpaired) electrons. The highest BCUT2D eigenvalue weighted by Crippen LogP contribution is 2.26. The number of likely N-dealkylation sites (N-methyl/N-ethyl adjacent to an activating group) is 1. The third-order valence-corrected chi connectivity index (χ3v) is 3.76. The van der Waals surface area contributed by atoms with Crippen LogP contribution in [0.1, 0.15) is 12.5 Å². The topological polar surface area (TPSA) is 52.9 Å². The second kappa shape index (κ2) is 7.29. The first-order valence-corrected chi connectivity index (χ1v) is 7.77. The van der Waals surface area contributed by atoms with Gasteiger partial charge in [0.05, 0.1) is 11.4 Å². The van der Waals surface area contributed by atoms with Crippen molar-refractivity contribution >= 4 is 23.2 Å². The first-order valence-electron chi connectivity index (χ1n) is 7.24. The molecule has 4 nitrogen and oxygen atoms in total. The molecule has 0 fully saturated rings. The molecule has 120 valence electrons. The summed E-state index contributed by atoms with van der Waals surface area (Å²) in [5, 5.41) is 9.49. The fourth-order valence-electron chi connectivity index (χ4n) is 2.46. The minimum absolute atomic E-state index is 0.104. The van der Waals surface area contributed by atoms with Gasteiger partial charge in [-0.15, -0.1) is 11.6 Å². The van der Waals surface area contributed by atoms with Crippen LogP contribution in [0.2, 0.25) is 0 Å². The Labute approximate surface area is 141 Å². The van der Waals surface area contributed by atoms with Crippen molar-refractivity contribution in [2.24, 2.45) is 4.99 Å². The fourth-order valence-corrected chi connectivity index (χ4v) is 2.61. The van der Waals surface area contributed by atoms with E-state index in [1.54, 1.807) is 55.3 Å². The Morgan fingerprint density at radius 2 is 2.04 bits per heavy atom. The Kier molecular flexibility index (Phi) is 5.40. The molecule has 1 unspecified atom stereocenters.